The molecule has 1 aromatic rings. The lowest BCUT2D eigenvalue weighted by atomic mass is 9.50. The SMILES string of the molecule is CC1(O)CC(C)(O)C1(C)C.O=C(O)c1ccc(C(=O)O)cc1. The second-order valence-electron chi connectivity index (χ2n) is 6.54. The number of carbonyl (C=O) groups is 2. The van der Waals surface area contributed by atoms with Gasteiger partial charge in [0.1, 0.15) is 0 Å². The highest BCUT2D eigenvalue weighted by atomic mass is 16.4. The van der Waals surface area contributed by atoms with Gasteiger partial charge in [0.2, 0.25) is 0 Å². The number of benzene rings is 1. The first kappa shape index (κ1) is 18.1. The fourth-order valence-corrected chi connectivity index (χ4v) is 2.34. The lowest BCUT2D eigenvalue weighted by Gasteiger charge is -2.61. The van der Waals surface area contributed by atoms with E-state index in [9.17, 15) is 19.8 Å². The molecule has 1 aromatic carbocycles. The van der Waals surface area contributed by atoms with E-state index in [4.69, 9.17) is 10.2 Å². The molecule has 0 radical (unpaired) electrons. The lowest BCUT2D eigenvalue weighted by molar-refractivity contribution is -0.270. The van der Waals surface area contributed by atoms with Crippen LogP contribution in [0.2, 0.25) is 0 Å². The quantitative estimate of drug-likeness (QED) is 0.664. The molecule has 2 unspecified atom stereocenters. The molecular weight excluding hydrogens is 288 g/mol. The molecule has 1 saturated carbocycles. The molecule has 1 aliphatic carbocycles. The topological polar surface area (TPSA) is 115 Å². The molecule has 122 valence electrons. The van der Waals surface area contributed by atoms with Crippen LogP contribution in [0.1, 0.15) is 54.8 Å². The van der Waals surface area contributed by atoms with Gasteiger partial charge in [0.25, 0.3) is 0 Å². The van der Waals surface area contributed by atoms with Gasteiger partial charge in [-0.3, -0.25) is 0 Å². The number of rotatable bonds is 2. The summed E-state index contributed by atoms with van der Waals surface area (Å²) in [6.45, 7) is 7.31. The Labute approximate surface area is 129 Å². The predicted molar refractivity (Wildman–Crippen MR) is 80.0 cm³/mol. The van der Waals surface area contributed by atoms with E-state index < -0.39 is 23.1 Å². The van der Waals surface area contributed by atoms with Crippen molar-refractivity contribution in [3.63, 3.8) is 0 Å². The van der Waals surface area contributed by atoms with Crippen LogP contribution in [-0.2, 0) is 0 Å². The van der Waals surface area contributed by atoms with Crippen LogP contribution in [0.25, 0.3) is 0 Å². The van der Waals surface area contributed by atoms with E-state index in [1.54, 1.807) is 13.8 Å². The van der Waals surface area contributed by atoms with Crippen molar-refractivity contribution in [3.8, 4) is 0 Å². The molecule has 2 rings (SSSR count). The summed E-state index contributed by atoms with van der Waals surface area (Å²) >= 11 is 0. The van der Waals surface area contributed by atoms with Gasteiger partial charge in [-0.25, -0.2) is 9.59 Å². The fraction of sp³-hybridized carbons (Fsp3) is 0.500. The van der Waals surface area contributed by atoms with Gasteiger partial charge in [0, 0.05) is 11.8 Å². The Balaban J connectivity index is 0.000000224. The van der Waals surface area contributed by atoms with Gasteiger partial charge in [0.15, 0.2) is 0 Å². The maximum Gasteiger partial charge on any atom is 0.335 e. The van der Waals surface area contributed by atoms with E-state index >= 15 is 0 Å². The second-order valence-corrected chi connectivity index (χ2v) is 6.54. The van der Waals surface area contributed by atoms with Gasteiger partial charge in [0.05, 0.1) is 22.3 Å². The van der Waals surface area contributed by atoms with Crippen molar-refractivity contribution in [1.82, 2.24) is 0 Å². The third-order valence-corrected chi connectivity index (χ3v) is 4.76. The van der Waals surface area contributed by atoms with Crippen LogP contribution in [0.3, 0.4) is 0 Å². The summed E-state index contributed by atoms with van der Waals surface area (Å²) in [5.41, 5.74) is -1.60. The molecule has 4 N–H and O–H groups in total. The van der Waals surface area contributed by atoms with Crippen LogP contribution in [0.15, 0.2) is 24.3 Å². The zero-order chi connectivity index (χ0) is 17.3. The molecular formula is C16H22O6. The summed E-state index contributed by atoms with van der Waals surface area (Å²) in [5, 5.41) is 36.2. The standard InChI is InChI=1S/C8H6O4.C8H16O2/c9-7(10)5-1-2-6(4-3-5)8(11)12;1-6(2)7(3,9)5-8(6,4)10/h1-4H,(H,9,10)(H,11,12);9-10H,5H2,1-4H3. The van der Waals surface area contributed by atoms with Gasteiger partial charge >= 0.3 is 11.9 Å². The minimum Gasteiger partial charge on any atom is -0.478 e. The summed E-state index contributed by atoms with van der Waals surface area (Å²) in [7, 11) is 0. The Kier molecular flexibility index (Phi) is 4.70. The monoisotopic (exact) mass is 310 g/mol. The van der Waals surface area contributed by atoms with E-state index in [0.29, 0.717) is 6.42 Å². The van der Waals surface area contributed by atoms with Gasteiger partial charge in [-0.2, -0.15) is 0 Å². The van der Waals surface area contributed by atoms with Crippen molar-refractivity contribution in [1.29, 1.82) is 0 Å². The first-order valence-electron chi connectivity index (χ1n) is 6.83. The molecule has 0 spiro atoms. The average molecular weight is 310 g/mol. The molecule has 2 atom stereocenters. The molecule has 0 aromatic heterocycles. The molecule has 0 heterocycles. The van der Waals surface area contributed by atoms with Crippen LogP contribution in [-0.4, -0.2) is 43.6 Å². The van der Waals surface area contributed by atoms with Crippen LogP contribution in [0, 0.1) is 5.41 Å². The average Bonchev–Trinajstić information content (AvgIpc) is 2.38. The highest BCUT2D eigenvalue weighted by molar-refractivity contribution is 5.91. The minimum atomic E-state index is -1.06. The predicted octanol–water partition coefficient (Wildman–Crippen LogP) is 2.00. The molecule has 6 nitrogen and oxygen atoms in total. The molecule has 1 fully saturated rings. The maximum absolute atomic E-state index is 10.3. The Hall–Kier alpha value is -1.92. The summed E-state index contributed by atoms with van der Waals surface area (Å²) in [5.74, 6) is -2.13. The van der Waals surface area contributed by atoms with Crippen LogP contribution < -0.4 is 0 Å². The number of hydrogen-bond acceptors (Lipinski definition) is 4. The maximum atomic E-state index is 10.3. The first-order chi connectivity index (χ1) is 9.82. The minimum absolute atomic E-state index is 0.0833. The second kappa shape index (κ2) is 5.70. The van der Waals surface area contributed by atoms with Crippen molar-refractivity contribution in [2.75, 3.05) is 0 Å². The fourth-order valence-electron chi connectivity index (χ4n) is 2.34. The van der Waals surface area contributed by atoms with Crippen LogP contribution >= 0.6 is 0 Å². The van der Waals surface area contributed by atoms with E-state index in [-0.39, 0.29) is 16.5 Å². The Morgan fingerprint density at radius 2 is 1.09 bits per heavy atom. The summed E-state index contributed by atoms with van der Waals surface area (Å²) in [6, 6.07) is 5.02. The number of hydrogen-bond donors (Lipinski definition) is 4. The number of aromatic carboxylic acids is 2. The molecule has 22 heavy (non-hydrogen) atoms. The van der Waals surface area contributed by atoms with Crippen molar-refractivity contribution >= 4 is 11.9 Å². The smallest absolute Gasteiger partial charge is 0.335 e. The first-order valence-corrected chi connectivity index (χ1v) is 6.83. The normalized spacial score (nSPS) is 28.8. The molecule has 0 aliphatic heterocycles. The molecule has 0 amide bonds. The Bertz CT molecular complexity index is 520. The lowest BCUT2D eigenvalue weighted by Crippen LogP contribution is -2.69. The largest absolute Gasteiger partial charge is 0.478 e. The van der Waals surface area contributed by atoms with E-state index in [0.717, 1.165) is 0 Å². The van der Waals surface area contributed by atoms with E-state index in [1.165, 1.54) is 24.3 Å². The Morgan fingerprint density at radius 3 is 1.18 bits per heavy atom. The van der Waals surface area contributed by atoms with Crippen LogP contribution in [0.4, 0.5) is 0 Å². The van der Waals surface area contributed by atoms with E-state index in [1.807, 2.05) is 13.8 Å². The molecule has 1 aliphatic rings. The highest BCUT2D eigenvalue weighted by Gasteiger charge is 2.63. The zero-order valence-corrected chi connectivity index (χ0v) is 13.1. The molecule has 0 bridgehead atoms. The number of aliphatic hydroxyl groups is 2. The summed E-state index contributed by atoms with van der Waals surface area (Å²) < 4.78 is 0. The number of carboxylic acid groups (broad SMARTS) is 2. The molecule has 6 heteroatoms. The van der Waals surface area contributed by atoms with Crippen molar-refractivity contribution in [3.05, 3.63) is 35.4 Å². The van der Waals surface area contributed by atoms with Gasteiger partial charge in [-0.1, -0.05) is 13.8 Å². The van der Waals surface area contributed by atoms with Crippen molar-refractivity contribution < 1.29 is 30.0 Å². The number of carboxylic acids is 2. The zero-order valence-electron chi connectivity index (χ0n) is 13.1. The van der Waals surface area contributed by atoms with Gasteiger partial charge in [-0.15, -0.1) is 0 Å². The third-order valence-electron chi connectivity index (χ3n) is 4.76. The van der Waals surface area contributed by atoms with Gasteiger partial charge < -0.3 is 20.4 Å². The summed E-state index contributed by atoms with van der Waals surface area (Å²) in [6.07, 6.45) is 0.479. The van der Waals surface area contributed by atoms with Crippen molar-refractivity contribution in [2.24, 2.45) is 5.41 Å². The van der Waals surface area contributed by atoms with Crippen molar-refractivity contribution in [2.45, 2.75) is 45.3 Å². The summed E-state index contributed by atoms with van der Waals surface area (Å²) in [4.78, 5) is 20.7. The van der Waals surface area contributed by atoms with Crippen LogP contribution in [0.5, 0.6) is 0 Å². The highest BCUT2D eigenvalue weighted by Crippen LogP contribution is 2.56. The van der Waals surface area contributed by atoms with E-state index in [2.05, 4.69) is 0 Å². The molecule has 0 saturated heterocycles. The Morgan fingerprint density at radius 1 is 0.818 bits per heavy atom. The van der Waals surface area contributed by atoms with Gasteiger partial charge in [-0.05, 0) is 38.1 Å². The third kappa shape index (κ3) is 3.28.